The Morgan fingerprint density at radius 3 is 2.96 bits per heavy atom. The molecule has 2 unspecified atom stereocenters. The van der Waals surface area contributed by atoms with Crippen LogP contribution in [0.25, 0.3) is 0 Å². The number of ether oxygens (including phenoxy) is 1. The molecule has 6 heteroatoms. The summed E-state index contributed by atoms with van der Waals surface area (Å²) in [6.07, 6.45) is -0.635. The first-order valence-corrected chi connectivity index (χ1v) is 10.1. The zero-order valence-electron chi connectivity index (χ0n) is 15.7. The summed E-state index contributed by atoms with van der Waals surface area (Å²) < 4.78 is 5.23. The Labute approximate surface area is 155 Å². The van der Waals surface area contributed by atoms with Crippen molar-refractivity contribution < 1.29 is 9.84 Å². The number of hydrogen-bond donors (Lipinski definition) is 2. The van der Waals surface area contributed by atoms with E-state index in [-0.39, 0.29) is 0 Å². The summed E-state index contributed by atoms with van der Waals surface area (Å²) in [6.45, 7) is 9.79. The predicted octanol–water partition coefficient (Wildman–Crippen LogP) is 2.77. The number of nitrogens with one attached hydrogen (secondary N) is 1. The van der Waals surface area contributed by atoms with E-state index in [9.17, 15) is 5.11 Å². The number of methoxy groups -OCH3 is 1. The van der Waals surface area contributed by atoms with E-state index in [4.69, 9.17) is 9.73 Å². The summed E-state index contributed by atoms with van der Waals surface area (Å²) >= 11 is 2.05. The molecule has 1 aliphatic rings. The minimum atomic E-state index is -0.635. The van der Waals surface area contributed by atoms with Crippen LogP contribution >= 0.6 is 11.8 Å². The topological polar surface area (TPSA) is 57.1 Å². The Bertz CT molecular complexity index is 565. The van der Waals surface area contributed by atoms with Gasteiger partial charge in [-0.2, -0.15) is 11.8 Å². The number of hydrogen-bond acceptors (Lipinski definition) is 4. The molecule has 5 nitrogen and oxygen atoms in total. The highest BCUT2D eigenvalue weighted by molar-refractivity contribution is 8.00. The Kier molecular flexibility index (Phi) is 7.90. The summed E-state index contributed by atoms with van der Waals surface area (Å²) in [5.41, 5.74) is 0.827. The maximum Gasteiger partial charge on any atom is 0.194 e. The zero-order valence-corrected chi connectivity index (χ0v) is 16.6. The molecular formula is C19H31N3O2S. The minimum absolute atomic E-state index is 0.339. The van der Waals surface area contributed by atoms with Crippen molar-refractivity contribution >= 4 is 17.7 Å². The van der Waals surface area contributed by atoms with E-state index in [2.05, 4.69) is 31.0 Å². The molecule has 0 amide bonds. The average Bonchev–Trinajstić information content (AvgIpc) is 2.65. The van der Waals surface area contributed by atoms with Crippen molar-refractivity contribution in [2.75, 3.05) is 39.0 Å². The molecule has 1 aromatic rings. The number of aliphatic imine (C=N–C) groups is 1. The van der Waals surface area contributed by atoms with Crippen LogP contribution in [0.2, 0.25) is 0 Å². The van der Waals surface area contributed by atoms with Crippen LogP contribution < -0.4 is 10.1 Å². The first kappa shape index (κ1) is 19.9. The fourth-order valence-corrected chi connectivity index (χ4v) is 4.12. The van der Waals surface area contributed by atoms with Crippen molar-refractivity contribution in [1.29, 1.82) is 0 Å². The number of benzene rings is 1. The molecule has 2 rings (SSSR count). The van der Waals surface area contributed by atoms with E-state index in [1.165, 1.54) is 0 Å². The molecule has 0 saturated carbocycles. The Morgan fingerprint density at radius 2 is 2.28 bits per heavy atom. The van der Waals surface area contributed by atoms with Crippen molar-refractivity contribution in [1.82, 2.24) is 10.2 Å². The largest absolute Gasteiger partial charge is 0.497 e. The molecule has 2 N–H and O–H groups in total. The van der Waals surface area contributed by atoms with Gasteiger partial charge < -0.3 is 20.1 Å². The minimum Gasteiger partial charge on any atom is -0.497 e. The second-order valence-electron chi connectivity index (χ2n) is 6.59. The number of guanidine groups is 1. The average molecular weight is 366 g/mol. The maximum absolute atomic E-state index is 10.5. The summed E-state index contributed by atoms with van der Waals surface area (Å²) in [5, 5.41) is 14.5. The lowest BCUT2D eigenvalue weighted by Gasteiger charge is -2.36. The Hall–Kier alpha value is -1.40. The summed E-state index contributed by atoms with van der Waals surface area (Å²) in [6, 6.07) is 7.53. The van der Waals surface area contributed by atoms with Crippen LogP contribution in [0.15, 0.2) is 29.3 Å². The molecule has 1 aromatic carbocycles. The summed E-state index contributed by atoms with van der Waals surface area (Å²) in [7, 11) is 1.63. The van der Waals surface area contributed by atoms with Crippen molar-refractivity contribution in [3.63, 3.8) is 0 Å². The van der Waals surface area contributed by atoms with Gasteiger partial charge in [-0.05, 0) is 30.5 Å². The van der Waals surface area contributed by atoms with Crippen LogP contribution in [0.5, 0.6) is 5.75 Å². The lowest BCUT2D eigenvalue weighted by Crippen LogP contribution is -2.49. The van der Waals surface area contributed by atoms with Crippen LogP contribution in [0, 0.1) is 5.92 Å². The number of nitrogens with zero attached hydrogens (tertiary/aromatic N) is 2. The van der Waals surface area contributed by atoms with Gasteiger partial charge in [0.1, 0.15) is 5.75 Å². The first-order chi connectivity index (χ1) is 12.0. The van der Waals surface area contributed by atoms with Crippen molar-refractivity contribution in [3.8, 4) is 5.75 Å². The number of rotatable bonds is 6. The quantitative estimate of drug-likeness (QED) is 0.600. The van der Waals surface area contributed by atoms with Crippen LogP contribution in [-0.4, -0.2) is 60.3 Å². The fraction of sp³-hybridized carbons (Fsp3) is 0.632. The van der Waals surface area contributed by atoms with Crippen molar-refractivity contribution in [3.05, 3.63) is 29.8 Å². The zero-order chi connectivity index (χ0) is 18.2. The fourth-order valence-electron chi connectivity index (χ4n) is 2.82. The molecule has 0 spiro atoms. The van der Waals surface area contributed by atoms with Gasteiger partial charge >= 0.3 is 0 Å². The van der Waals surface area contributed by atoms with Crippen LogP contribution in [0.1, 0.15) is 32.4 Å². The second kappa shape index (κ2) is 9.92. The van der Waals surface area contributed by atoms with E-state index in [1.54, 1.807) is 7.11 Å². The Balaban J connectivity index is 2.05. The van der Waals surface area contributed by atoms with Crippen LogP contribution in [-0.2, 0) is 0 Å². The van der Waals surface area contributed by atoms with Gasteiger partial charge in [0, 0.05) is 30.6 Å². The third-order valence-corrected chi connectivity index (χ3v) is 5.90. The highest BCUT2D eigenvalue weighted by Gasteiger charge is 2.25. The van der Waals surface area contributed by atoms with Crippen LogP contribution in [0.3, 0.4) is 0 Å². The van der Waals surface area contributed by atoms with E-state index in [0.717, 1.165) is 42.7 Å². The van der Waals surface area contributed by atoms with E-state index < -0.39 is 6.10 Å². The molecular weight excluding hydrogens is 334 g/mol. The molecule has 0 aromatic heterocycles. The normalized spacial score (nSPS) is 19.8. The highest BCUT2D eigenvalue weighted by atomic mass is 32.2. The molecule has 1 heterocycles. The van der Waals surface area contributed by atoms with Gasteiger partial charge in [0.05, 0.1) is 19.8 Å². The highest BCUT2D eigenvalue weighted by Crippen LogP contribution is 2.25. The number of aliphatic hydroxyl groups is 1. The van der Waals surface area contributed by atoms with E-state index >= 15 is 0 Å². The molecule has 2 atom stereocenters. The lowest BCUT2D eigenvalue weighted by molar-refractivity contribution is 0.186. The molecule has 1 fully saturated rings. The third kappa shape index (κ3) is 5.82. The monoisotopic (exact) mass is 365 g/mol. The van der Waals surface area contributed by atoms with Gasteiger partial charge in [-0.1, -0.05) is 26.0 Å². The SMILES string of the molecule is CCNC(=NCC(O)c1cccc(OC)c1)N1CCSC(C(C)C)C1. The predicted molar refractivity (Wildman–Crippen MR) is 107 cm³/mol. The van der Waals surface area contributed by atoms with Crippen LogP contribution in [0.4, 0.5) is 0 Å². The third-order valence-electron chi connectivity index (χ3n) is 4.36. The molecule has 25 heavy (non-hydrogen) atoms. The van der Waals surface area contributed by atoms with Gasteiger partial charge in [-0.3, -0.25) is 4.99 Å². The second-order valence-corrected chi connectivity index (χ2v) is 7.93. The van der Waals surface area contributed by atoms with Gasteiger partial charge in [0.15, 0.2) is 5.96 Å². The van der Waals surface area contributed by atoms with E-state index in [1.807, 2.05) is 36.0 Å². The summed E-state index contributed by atoms with van der Waals surface area (Å²) in [4.78, 5) is 7.02. The maximum atomic E-state index is 10.5. The summed E-state index contributed by atoms with van der Waals surface area (Å²) in [5.74, 6) is 3.42. The smallest absolute Gasteiger partial charge is 0.194 e. The Morgan fingerprint density at radius 1 is 1.48 bits per heavy atom. The standard InChI is InChI=1S/C19H31N3O2S/c1-5-20-19(22-9-10-25-18(13-22)14(2)3)21-12-17(23)15-7-6-8-16(11-15)24-4/h6-8,11,14,17-18,23H,5,9-10,12-13H2,1-4H3,(H,20,21). The molecule has 1 saturated heterocycles. The van der Waals surface area contributed by atoms with Gasteiger partial charge in [-0.15, -0.1) is 0 Å². The lowest BCUT2D eigenvalue weighted by atomic mass is 10.1. The molecule has 0 bridgehead atoms. The van der Waals surface area contributed by atoms with Gasteiger partial charge in [0.25, 0.3) is 0 Å². The molecule has 140 valence electrons. The van der Waals surface area contributed by atoms with Gasteiger partial charge in [0.2, 0.25) is 0 Å². The van der Waals surface area contributed by atoms with Crippen molar-refractivity contribution in [2.24, 2.45) is 10.9 Å². The molecule has 1 aliphatic heterocycles. The molecule has 0 aliphatic carbocycles. The van der Waals surface area contributed by atoms with E-state index in [0.29, 0.717) is 17.7 Å². The molecule has 0 radical (unpaired) electrons. The number of thioether (sulfide) groups is 1. The van der Waals surface area contributed by atoms with Crippen molar-refractivity contribution in [2.45, 2.75) is 32.1 Å². The van der Waals surface area contributed by atoms with Gasteiger partial charge in [-0.25, -0.2) is 0 Å². The number of aliphatic hydroxyl groups excluding tert-OH is 1. The first-order valence-electron chi connectivity index (χ1n) is 9.02.